The molecule has 1 fully saturated rings. The van der Waals surface area contributed by atoms with Gasteiger partial charge in [-0.05, 0) is 25.7 Å². The summed E-state index contributed by atoms with van der Waals surface area (Å²) < 4.78 is 30.2. The molecule has 0 aliphatic heterocycles. The molecule has 7 heteroatoms. The molecular weight excluding hydrogens is 266 g/mol. The Bertz CT molecular complexity index is 538. The van der Waals surface area contributed by atoms with E-state index in [4.69, 9.17) is 9.88 Å². The van der Waals surface area contributed by atoms with Crippen molar-refractivity contribution in [3.63, 3.8) is 0 Å². The number of ether oxygens (including phenoxy) is 1. The van der Waals surface area contributed by atoms with Gasteiger partial charge < -0.3 is 9.30 Å². The summed E-state index contributed by atoms with van der Waals surface area (Å²) in [5.41, 5.74) is 0. The van der Waals surface area contributed by atoms with E-state index < -0.39 is 10.0 Å². The van der Waals surface area contributed by atoms with Crippen LogP contribution in [0.2, 0.25) is 0 Å². The van der Waals surface area contributed by atoms with Gasteiger partial charge in [0.2, 0.25) is 0 Å². The van der Waals surface area contributed by atoms with Crippen LogP contribution in [-0.2, 0) is 21.2 Å². The average molecular weight is 287 g/mol. The minimum Gasteiger partial charge on any atom is -0.381 e. The predicted molar refractivity (Wildman–Crippen MR) is 71.3 cm³/mol. The van der Waals surface area contributed by atoms with Crippen molar-refractivity contribution in [2.75, 3.05) is 7.11 Å². The molecule has 1 aromatic heterocycles. The summed E-state index contributed by atoms with van der Waals surface area (Å²) in [4.78, 5) is 4.14. The van der Waals surface area contributed by atoms with Gasteiger partial charge in [0.05, 0.1) is 6.10 Å². The lowest BCUT2D eigenvalue weighted by Crippen LogP contribution is -2.24. The molecule has 2 rings (SSSR count). The zero-order chi connectivity index (χ0) is 14.0. The van der Waals surface area contributed by atoms with Crippen LogP contribution in [0.1, 0.15) is 44.5 Å². The quantitative estimate of drug-likeness (QED) is 0.902. The van der Waals surface area contributed by atoms with Gasteiger partial charge in [0.15, 0.2) is 5.03 Å². The van der Waals surface area contributed by atoms with E-state index in [0.29, 0.717) is 6.42 Å². The first-order chi connectivity index (χ1) is 8.95. The van der Waals surface area contributed by atoms with Gasteiger partial charge in [-0.1, -0.05) is 6.92 Å². The summed E-state index contributed by atoms with van der Waals surface area (Å²) in [7, 11) is -2.02. The molecule has 1 aliphatic carbocycles. The molecular formula is C12H21N3O3S. The molecule has 2 unspecified atom stereocenters. The van der Waals surface area contributed by atoms with Crippen LogP contribution in [0.15, 0.2) is 11.2 Å². The van der Waals surface area contributed by atoms with E-state index >= 15 is 0 Å². The molecule has 1 aliphatic rings. The monoisotopic (exact) mass is 287 g/mol. The third-order valence-corrected chi connectivity index (χ3v) is 4.50. The smallest absolute Gasteiger partial charge is 0.257 e. The lowest BCUT2D eigenvalue weighted by molar-refractivity contribution is 0.0525. The summed E-state index contributed by atoms with van der Waals surface area (Å²) in [5.74, 6) is 0.769. The molecule has 2 atom stereocenters. The Morgan fingerprint density at radius 1 is 1.53 bits per heavy atom. The molecule has 2 N–H and O–H groups in total. The lowest BCUT2D eigenvalue weighted by Gasteiger charge is -2.30. The van der Waals surface area contributed by atoms with Crippen LogP contribution in [0.4, 0.5) is 0 Å². The fourth-order valence-electron chi connectivity index (χ4n) is 2.71. The van der Waals surface area contributed by atoms with Gasteiger partial charge >= 0.3 is 0 Å². The number of methoxy groups -OCH3 is 1. The highest BCUT2D eigenvalue weighted by Crippen LogP contribution is 2.31. The van der Waals surface area contributed by atoms with Gasteiger partial charge in [0.25, 0.3) is 10.0 Å². The Balaban J connectivity index is 2.30. The zero-order valence-corrected chi connectivity index (χ0v) is 12.2. The number of aryl methyl sites for hydroxylation is 1. The Kier molecular flexibility index (Phi) is 4.27. The molecule has 1 heterocycles. The summed E-state index contributed by atoms with van der Waals surface area (Å²) >= 11 is 0. The molecule has 1 saturated carbocycles. The predicted octanol–water partition coefficient (Wildman–Crippen LogP) is 1.22. The molecule has 6 nitrogen and oxygen atoms in total. The largest absolute Gasteiger partial charge is 0.381 e. The van der Waals surface area contributed by atoms with Crippen molar-refractivity contribution in [1.29, 1.82) is 0 Å². The number of nitrogens with two attached hydrogens (primary N) is 1. The van der Waals surface area contributed by atoms with Crippen molar-refractivity contribution in [2.24, 2.45) is 5.14 Å². The SMILES string of the molecule is CCc1nc(S(N)(=O)=O)cn1C1CCCC(OC)C1. The summed E-state index contributed by atoms with van der Waals surface area (Å²) in [6, 6.07) is 0.247. The zero-order valence-electron chi connectivity index (χ0n) is 11.4. The molecule has 108 valence electrons. The van der Waals surface area contributed by atoms with E-state index in [1.807, 2.05) is 11.5 Å². The first-order valence-electron chi connectivity index (χ1n) is 6.59. The Morgan fingerprint density at radius 3 is 2.84 bits per heavy atom. The third kappa shape index (κ3) is 3.16. The summed E-state index contributed by atoms with van der Waals surface area (Å²) in [6.07, 6.45) is 6.54. The van der Waals surface area contributed by atoms with E-state index in [1.54, 1.807) is 13.3 Å². The van der Waals surface area contributed by atoms with Crippen LogP contribution >= 0.6 is 0 Å². The van der Waals surface area contributed by atoms with Crippen LogP contribution in [0.3, 0.4) is 0 Å². The highest BCUT2D eigenvalue weighted by Gasteiger charge is 2.26. The Hall–Kier alpha value is -0.920. The lowest BCUT2D eigenvalue weighted by atomic mass is 9.92. The van der Waals surface area contributed by atoms with Crippen molar-refractivity contribution >= 4 is 10.0 Å². The first kappa shape index (κ1) is 14.5. The van der Waals surface area contributed by atoms with E-state index in [-0.39, 0.29) is 17.2 Å². The van der Waals surface area contributed by atoms with Gasteiger partial charge in [0.1, 0.15) is 5.82 Å². The van der Waals surface area contributed by atoms with E-state index in [0.717, 1.165) is 31.5 Å². The van der Waals surface area contributed by atoms with Gasteiger partial charge in [-0.25, -0.2) is 18.5 Å². The standard InChI is InChI=1S/C12H21N3O3S/c1-3-11-14-12(19(13,16)17)8-15(11)9-5-4-6-10(7-9)18-2/h8-10H,3-7H2,1-2H3,(H2,13,16,17). The molecule has 0 aromatic carbocycles. The van der Waals surface area contributed by atoms with Crippen molar-refractivity contribution in [3.8, 4) is 0 Å². The number of rotatable bonds is 4. The van der Waals surface area contributed by atoms with Crippen molar-refractivity contribution in [2.45, 2.75) is 56.2 Å². The maximum absolute atomic E-state index is 11.4. The van der Waals surface area contributed by atoms with Gasteiger partial charge in [0, 0.05) is 25.8 Å². The highest BCUT2D eigenvalue weighted by molar-refractivity contribution is 7.89. The van der Waals surface area contributed by atoms with E-state index in [2.05, 4.69) is 4.98 Å². The number of aromatic nitrogens is 2. The molecule has 0 amide bonds. The molecule has 0 spiro atoms. The van der Waals surface area contributed by atoms with Crippen LogP contribution in [-0.4, -0.2) is 31.2 Å². The highest BCUT2D eigenvalue weighted by atomic mass is 32.2. The molecule has 0 radical (unpaired) electrons. The van der Waals surface area contributed by atoms with Gasteiger partial charge in [-0.3, -0.25) is 0 Å². The molecule has 19 heavy (non-hydrogen) atoms. The number of hydrogen-bond donors (Lipinski definition) is 1. The normalized spacial score (nSPS) is 24.6. The summed E-state index contributed by atoms with van der Waals surface area (Å²) in [5, 5.41) is 5.11. The number of nitrogens with zero attached hydrogens (tertiary/aromatic N) is 2. The fraction of sp³-hybridized carbons (Fsp3) is 0.750. The van der Waals surface area contributed by atoms with Crippen LogP contribution < -0.4 is 5.14 Å². The van der Waals surface area contributed by atoms with Gasteiger partial charge in [-0.2, -0.15) is 0 Å². The average Bonchev–Trinajstić information content (AvgIpc) is 2.83. The Morgan fingerprint density at radius 2 is 2.26 bits per heavy atom. The number of hydrogen-bond acceptors (Lipinski definition) is 4. The second-order valence-corrected chi connectivity index (χ2v) is 6.49. The maximum Gasteiger partial charge on any atom is 0.257 e. The number of sulfonamides is 1. The minimum absolute atomic E-state index is 0.0381. The van der Waals surface area contributed by atoms with Crippen LogP contribution in [0, 0.1) is 0 Å². The molecule has 0 bridgehead atoms. The maximum atomic E-state index is 11.4. The van der Waals surface area contributed by atoms with E-state index in [1.165, 1.54) is 0 Å². The fourth-order valence-corrected chi connectivity index (χ4v) is 3.20. The van der Waals surface area contributed by atoms with Crippen LogP contribution in [0.5, 0.6) is 0 Å². The second kappa shape index (κ2) is 5.60. The van der Waals surface area contributed by atoms with E-state index in [9.17, 15) is 8.42 Å². The van der Waals surface area contributed by atoms with Crippen molar-refractivity contribution < 1.29 is 13.2 Å². The number of primary sulfonamides is 1. The second-order valence-electron chi connectivity index (χ2n) is 4.98. The van der Waals surface area contributed by atoms with Crippen molar-refractivity contribution in [1.82, 2.24) is 9.55 Å². The number of imidazole rings is 1. The molecule has 1 aromatic rings. The van der Waals surface area contributed by atoms with Crippen molar-refractivity contribution in [3.05, 3.63) is 12.0 Å². The third-order valence-electron chi connectivity index (χ3n) is 3.72. The Labute approximate surface area is 114 Å². The minimum atomic E-state index is -3.74. The van der Waals surface area contributed by atoms with Crippen LogP contribution in [0.25, 0.3) is 0 Å². The topological polar surface area (TPSA) is 87.2 Å². The van der Waals surface area contributed by atoms with Gasteiger partial charge in [-0.15, -0.1) is 0 Å². The first-order valence-corrected chi connectivity index (χ1v) is 8.13. The molecule has 0 saturated heterocycles. The summed E-state index contributed by atoms with van der Waals surface area (Å²) in [6.45, 7) is 1.96.